The summed E-state index contributed by atoms with van der Waals surface area (Å²) in [6.07, 6.45) is 0.596. The molecule has 80 valence electrons. The van der Waals surface area contributed by atoms with Gasteiger partial charge in [-0.15, -0.1) is 0 Å². The number of carboxylic acids is 1. The smallest absolute Gasteiger partial charge is 0.376 e. The predicted octanol–water partition coefficient (Wildman–Crippen LogP) is 1.11. The highest BCUT2D eigenvalue weighted by molar-refractivity contribution is 6.38. The molecule has 0 aromatic heterocycles. The fourth-order valence-electron chi connectivity index (χ4n) is 1.02. The Kier molecular flexibility index (Phi) is 3.41. The third kappa shape index (κ3) is 2.69. The standard InChI is InChI=1S/C11H7NO4/c12-6-7-2-1-3-8(4-7)9(13)5-10(14)11(15)16/h1-5,13H,(H,15,16)/b9-5-. The van der Waals surface area contributed by atoms with Crippen molar-refractivity contribution in [2.75, 3.05) is 0 Å². The molecule has 0 saturated heterocycles. The molecule has 0 aliphatic heterocycles. The molecule has 0 bridgehead atoms. The summed E-state index contributed by atoms with van der Waals surface area (Å²) in [4.78, 5) is 21.0. The molecule has 0 fully saturated rings. The number of carbonyl (C=O) groups is 2. The Balaban J connectivity index is 3.05. The lowest BCUT2D eigenvalue weighted by Gasteiger charge is -1.99. The van der Waals surface area contributed by atoms with Crippen molar-refractivity contribution in [2.45, 2.75) is 0 Å². The second-order valence-electron chi connectivity index (χ2n) is 2.89. The first-order valence-electron chi connectivity index (χ1n) is 4.23. The zero-order valence-electron chi connectivity index (χ0n) is 8.04. The second-order valence-corrected chi connectivity index (χ2v) is 2.89. The Morgan fingerprint density at radius 3 is 2.56 bits per heavy atom. The number of nitrogens with zero attached hydrogens (tertiary/aromatic N) is 1. The zero-order valence-corrected chi connectivity index (χ0v) is 8.04. The molecule has 5 heteroatoms. The van der Waals surface area contributed by atoms with Gasteiger partial charge in [0.05, 0.1) is 11.6 Å². The van der Waals surface area contributed by atoms with Crippen LogP contribution in [-0.4, -0.2) is 22.0 Å². The molecule has 1 rings (SSSR count). The van der Waals surface area contributed by atoms with Crippen LogP contribution in [0.3, 0.4) is 0 Å². The minimum Gasteiger partial charge on any atom is -0.507 e. The van der Waals surface area contributed by atoms with Gasteiger partial charge in [-0.05, 0) is 12.1 Å². The maximum absolute atomic E-state index is 10.8. The van der Waals surface area contributed by atoms with E-state index in [1.807, 2.05) is 6.07 Å². The highest BCUT2D eigenvalue weighted by Gasteiger charge is 2.10. The van der Waals surface area contributed by atoms with E-state index in [1.165, 1.54) is 24.3 Å². The lowest BCUT2D eigenvalue weighted by Crippen LogP contribution is -2.09. The number of hydrogen-bond donors (Lipinski definition) is 2. The lowest BCUT2D eigenvalue weighted by atomic mass is 10.1. The molecule has 0 spiro atoms. The fourth-order valence-corrected chi connectivity index (χ4v) is 1.02. The maximum atomic E-state index is 10.8. The van der Waals surface area contributed by atoms with Crippen LogP contribution in [0.4, 0.5) is 0 Å². The molecule has 0 aliphatic carbocycles. The Bertz CT molecular complexity index is 511. The van der Waals surface area contributed by atoms with Crippen molar-refractivity contribution in [3.05, 3.63) is 41.5 Å². The van der Waals surface area contributed by atoms with Crippen molar-refractivity contribution in [1.29, 1.82) is 5.26 Å². The molecule has 0 saturated carbocycles. The first-order valence-corrected chi connectivity index (χ1v) is 4.23. The zero-order chi connectivity index (χ0) is 12.1. The summed E-state index contributed by atoms with van der Waals surface area (Å²) in [7, 11) is 0. The molecule has 0 radical (unpaired) electrons. The van der Waals surface area contributed by atoms with E-state index in [1.54, 1.807) is 0 Å². The summed E-state index contributed by atoms with van der Waals surface area (Å²) >= 11 is 0. The Morgan fingerprint density at radius 2 is 2.00 bits per heavy atom. The number of aliphatic hydroxyl groups excluding tert-OH is 1. The van der Waals surface area contributed by atoms with E-state index in [9.17, 15) is 14.7 Å². The molecule has 0 amide bonds. The maximum Gasteiger partial charge on any atom is 0.376 e. The number of aliphatic hydroxyl groups is 1. The topological polar surface area (TPSA) is 98.4 Å². The van der Waals surface area contributed by atoms with Crippen LogP contribution in [0.2, 0.25) is 0 Å². The summed E-state index contributed by atoms with van der Waals surface area (Å²) in [5, 5.41) is 26.4. The summed E-state index contributed by atoms with van der Waals surface area (Å²) in [6.45, 7) is 0. The van der Waals surface area contributed by atoms with Gasteiger partial charge >= 0.3 is 5.97 Å². The van der Waals surface area contributed by atoms with Gasteiger partial charge in [-0.2, -0.15) is 5.26 Å². The van der Waals surface area contributed by atoms with Crippen LogP contribution < -0.4 is 0 Å². The average Bonchev–Trinajstić information content (AvgIpc) is 2.28. The monoisotopic (exact) mass is 217 g/mol. The minimum absolute atomic E-state index is 0.216. The number of rotatable bonds is 3. The van der Waals surface area contributed by atoms with Crippen LogP contribution in [0.15, 0.2) is 30.3 Å². The van der Waals surface area contributed by atoms with Crippen molar-refractivity contribution < 1.29 is 19.8 Å². The molecule has 0 heterocycles. The molecular weight excluding hydrogens is 210 g/mol. The predicted molar refractivity (Wildman–Crippen MR) is 54.4 cm³/mol. The van der Waals surface area contributed by atoms with Gasteiger partial charge in [0.25, 0.3) is 5.78 Å². The van der Waals surface area contributed by atoms with Crippen LogP contribution >= 0.6 is 0 Å². The van der Waals surface area contributed by atoms with Crippen molar-refractivity contribution in [2.24, 2.45) is 0 Å². The van der Waals surface area contributed by atoms with Crippen molar-refractivity contribution in [3.63, 3.8) is 0 Å². The van der Waals surface area contributed by atoms with Gasteiger partial charge in [-0.3, -0.25) is 4.79 Å². The average molecular weight is 217 g/mol. The van der Waals surface area contributed by atoms with Gasteiger partial charge in [0.2, 0.25) is 0 Å². The third-order valence-corrected chi connectivity index (χ3v) is 1.77. The van der Waals surface area contributed by atoms with E-state index < -0.39 is 17.5 Å². The number of benzene rings is 1. The van der Waals surface area contributed by atoms with Gasteiger partial charge in [0.15, 0.2) is 0 Å². The number of aliphatic carboxylic acids is 1. The van der Waals surface area contributed by atoms with E-state index in [0.29, 0.717) is 11.6 Å². The van der Waals surface area contributed by atoms with Crippen LogP contribution in [0.25, 0.3) is 5.76 Å². The highest BCUT2D eigenvalue weighted by atomic mass is 16.4. The molecule has 0 aliphatic rings. The Hall–Kier alpha value is -2.61. The summed E-state index contributed by atoms with van der Waals surface area (Å²) in [6, 6.07) is 7.71. The molecule has 2 N–H and O–H groups in total. The minimum atomic E-state index is -1.65. The van der Waals surface area contributed by atoms with E-state index >= 15 is 0 Å². The Morgan fingerprint density at radius 1 is 1.31 bits per heavy atom. The van der Waals surface area contributed by atoms with E-state index in [4.69, 9.17) is 10.4 Å². The summed E-state index contributed by atoms with van der Waals surface area (Å²) in [5.74, 6) is -3.35. The van der Waals surface area contributed by atoms with E-state index in [-0.39, 0.29) is 5.56 Å². The molecule has 0 atom stereocenters. The molecule has 0 unspecified atom stereocenters. The normalized spacial score (nSPS) is 10.6. The second kappa shape index (κ2) is 4.75. The van der Waals surface area contributed by atoms with Crippen LogP contribution in [0.5, 0.6) is 0 Å². The van der Waals surface area contributed by atoms with Crippen LogP contribution in [0, 0.1) is 11.3 Å². The largest absolute Gasteiger partial charge is 0.507 e. The van der Waals surface area contributed by atoms with Crippen molar-refractivity contribution >= 4 is 17.5 Å². The third-order valence-electron chi connectivity index (χ3n) is 1.77. The summed E-state index contributed by atoms with van der Waals surface area (Å²) in [5.41, 5.74) is 0.522. The number of carbonyl (C=O) groups excluding carboxylic acids is 1. The van der Waals surface area contributed by atoms with Crippen molar-refractivity contribution in [3.8, 4) is 6.07 Å². The molecule has 1 aromatic rings. The Labute approximate surface area is 90.9 Å². The van der Waals surface area contributed by atoms with Crippen molar-refractivity contribution in [1.82, 2.24) is 0 Å². The number of ketones is 1. The van der Waals surface area contributed by atoms with Gasteiger partial charge < -0.3 is 10.2 Å². The van der Waals surface area contributed by atoms with E-state index in [0.717, 1.165) is 0 Å². The van der Waals surface area contributed by atoms with Crippen LogP contribution in [-0.2, 0) is 9.59 Å². The van der Waals surface area contributed by atoms with Crippen LogP contribution in [0.1, 0.15) is 11.1 Å². The number of carboxylic acid groups (broad SMARTS) is 1. The number of hydrogen-bond acceptors (Lipinski definition) is 4. The first-order chi connectivity index (χ1) is 7.54. The first kappa shape index (κ1) is 11.5. The molecule has 1 aromatic carbocycles. The quantitative estimate of drug-likeness (QED) is 0.449. The summed E-state index contributed by atoms with van der Waals surface area (Å²) < 4.78 is 0. The lowest BCUT2D eigenvalue weighted by molar-refractivity contribution is -0.146. The van der Waals surface area contributed by atoms with Gasteiger partial charge in [0.1, 0.15) is 5.76 Å². The molecule has 5 nitrogen and oxygen atoms in total. The fraction of sp³-hybridized carbons (Fsp3) is 0. The van der Waals surface area contributed by atoms with Gasteiger partial charge in [0, 0.05) is 11.6 Å². The molecular formula is C11H7NO4. The van der Waals surface area contributed by atoms with Gasteiger partial charge in [-0.25, -0.2) is 4.79 Å². The SMILES string of the molecule is N#Cc1cccc(/C(O)=C/C(=O)C(=O)O)c1. The molecule has 16 heavy (non-hydrogen) atoms. The number of nitriles is 1. The van der Waals surface area contributed by atoms with Gasteiger partial charge in [-0.1, -0.05) is 12.1 Å². The highest BCUT2D eigenvalue weighted by Crippen LogP contribution is 2.12. The van der Waals surface area contributed by atoms with E-state index in [2.05, 4.69) is 0 Å².